The van der Waals surface area contributed by atoms with Crippen molar-refractivity contribution in [1.82, 2.24) is 15.1 Å². The minimum absolute atomic E-state index is 0.0755. The van der Waals surface area contributed by atoms with E-state index in [0.29, 0.717) is 19.4 Å². The number of carbonyl (C=O) groups is 2. The minimum Gasteiger partial charge on any atom is -0.481 e. The van der Waals surface area contributed by atoms with E-state index in [0.717, 1.165) is 19.4 Å². The monoisotopic (exact) mass is 285 g/mol. The molecule has 20 heavy (non-hydrogen) atoms. The van der Waals surface area contributed by atoms with Gasteiger partial charge in [0.2, 0.25) is 0 Å². The molecule has 6 heteroatoms. The molecule has 2 amide bonds. The Balaban J connectivity index is 2.24. The molecule has 0 saturated heterocycles. The number of carboxylic acids is 1. The lowest BCUT2D eigenvalue weighted by Gasteiger charge is -2.49. The van der Waals surface area contributed by atoms with Crippen LogP contribution in [0.15, 0.2) is 0 Å². The highest BCUT2D eigenvalue weighted by Gasteiger charge is 2.40. The van der Waals surface area contributed by atoms with Crippen LogP contribution in [0.3, 0.4) is 0 Å². The van der Waals surface area contributed by atoms with Crippen LogP contribution in [0.1, 0.15) is 38.5 Å². The smallest absolute Gasteiger partial charge is 0.317 e. The second-order valence-electron chi connectivity index (χ2n) is 5.91. The van der Waals surface area contributed by atoms with Crippen LogP contribution in [0, 0.1) is 0 Å². The van der Waals surface area contributed by atoms with E-state index in [1.54, 1.807) is 4.90 Å². The predicted octanol–water partition coefficient (Wildman–Crippen LogP) is 1.37. The SMILES string of the molecule is CN(CC1(N(C)C)CCC1)C(=O)NCCCCC(=O)O. The molecule has 1 aliphatic carbocycles. The maximum absolute atomic E-state index is 12.0. The van der Waals surface area contributed by atoms with Gasteiger partial charge in [-0.05, 0) is 46.2 Å². The normalized spacial score (nSPS) is 16.6. The quantitative estimate of drug-likeness (QED) is 0.661. The Morgan fingerprint density at radius 1 is 1.20 bits per heavy atom. The zero-order valence-electron chi connectivity index (χ0n) is 12.8. The summed E-state index contributed by atoms with van der Waals surface area (Å²) >= 11 is 0. The zero-order chi connectivity index (χ0) is 15.2. The Hall–Kier alpha value is -1.30. The van der Waals surface area contributed by atoms with Gasteiger partial charge in [-0.15, -0.1) is 0 Å². The van der Waals surface area contributed by atoms with Crippen LogP contribution < -0.4 is 5.32 Å². The van der Waals surface area contributed by atoms with Gasteiger partial charge in [0.1, 0.15) is 0 Å². The Kier molecular flexibility index (Phi) is 6.26. The van der Waals surface area contributed by atoms with Gasteiger partial charge in [0.05, 0.1) is 0 Å². The number of hydrogen-bond acceptors (Lipinski definition) is 3. The van der Waals surface area contributed by atoms with Crippen molar-refractivity contribution in [3.05, 3.63) is 0 Å². The maximum Gasteiger partial charge on any atom is 0.317 e. The average molecular weight is 285 g/mol. The summed E-state index contributed by atoms with van der Waals surface area (Å²) in [7, 11) is 5.95. The second kappa shape index (κ2) is 7.47. The molecule has 0 bridgehead atoms. The summed E-state index contributed by atoms with van der Waals surface area (Å²) in [5.41, 5.74) is 0.134. The number of rotatable bonds is 8. The lowest BCUT2D eigenvalue weighted by molar-refractivity contribution is -0.137. The van der Waals surface area contributed by atoms with Gasteiger partial charge in [0, 0.05) is 32.1 Å². The number of carbonyl (C=O) groups excluding carboxylic acids is 1. The number of hydrogen-bond donors (Lipinski definition) is 2. The fraction of sp³-hybridized carbons (Fsp3) is 0.857. The second-order valence-corrected chi connectivity index (χ2v) is 5.91. The van der Waals surface area contributed by atoms with Crippen molar-refractivity contribution in [2.75, 3.05) is 34.2 Å². The molecule has 0 aliphatic heterocycles. The average Bonchev–Trinajstić information content (AvgIpc) is 2.31. The number of likely N-dealkylation sites (N-methyl/N-ethyl adjacent to an activating group) is 2. The van der Waals surface area contributed by atoms with Crippen LogP contribution in [0.25, 0.3) is 0 Å². The van der Waals surface area contributed by atoms with Crippen molar-refractivity contribution < 1.29 is 14.7 Å². The molecule has 0 spiro atoms. The number of nitrogens with one attached hydrogen (secondary N) is 1. The van der Waals surface area contributed by atoms with Gasteiger partial charge in [0.15, 0.2) is 0 Å². The number of aliphatic carboxylic acids is 1. The Labute approximate surface area is 121 Å². The van der Waals surface area contributed by atoms with Crippen LogP contribution in [0.5, 0.6) is 0 Å². The highest BCUT2D eigenvalue weighted by molar-refractivity contribution is 5.74. The van der Waals surface area contributed by atoms with E-state index in [9.17, 15) is 9.59 Å². The highest BCUT2D eigenvalue weighted by Crippen LogP contribution is 2.36. The van der Waals surface area contributed by atoms with Crippen molar-refractivity contribution in [2.24, 2.45) is 0 Å². The van der Waals surface area contributed by atoms with Crippen LogP contribution in [-0.2, 0) is 4.79 Å². The fourth-order valence-electron chi connectivity index (χ4n) is 2.58. The molecule has 6 nitrogen and oxygen atoms in total. The molecule has 0 aromatic carbocycles. The summed E-state index contributed by atoms with van der Waals surface area (Å²) in [4.78, 5) is 26.3. The number of unbranched alkanes of at least 4 members (excludes halogenated alkanes) is 1. The summed E-state index contributed by atoms with van der Waals surface area (Å²) in [6.07, 6.45) is 4.95. The van der Waals surface area contributed by atoms with Gasteiger partial charge in [-0.2, -0.15) is 0 Å². The first-order chi connectivity index (χ1) is 9.37. The molecule has 0 atom stereocenters. The molecule has 1 rings (SSSR count). The molecule has 0 unspecified atom stereocenters. The first kappa shape index (κ1) is 16.8. The summed E-state index contributed by atoms with van der Waals surface area (Å²) in [5, 5.41) is 11.4. The minimum atomic E-state index is -0.786. The number of carboxylic acid groups (broad SMARTS) is 1. The third-order valence-electron chi connectivity index (χ3n) is 4.20. The van der Waals surface area contributed by atoms with Gasteiger partial charge in [-0.1, -0.05) is 0 Å². The van der Waals surface area contributed by atoms with Gasteiger partial charge in [-0.25, -0.2) is 4.79 Å². The van der Waals surface area contributed by atoms with Crippen molar-refractivity contribution in [2.45, 2.75) is 44.1 Å². The number of nitrogens with zero attached hydrogens (tertiary/aromatic N) is 2. The molecule has 0 aromatic rings. The van der Waals surface area contributed by atoms with Crippen molar-refractivity contribution in [1.29, 1.82) is 0 Å². The molecule has 0 aromatic heterocycles. The highest BCUT2D eigenvalue weighted by atomic mass is 16.4. The summed E-state index contributed by atoms with van der Waals surface area (Å²) in [6, 6.07) is -0.0755. The van der Waals surface area contributed by atoms with E-state index in [2.05, 4.69) is 24.3 Å². The van der Waals surface area contributed by atoms with E-state index in [-0.39, 0.29) is 18.0 Å². The van der Waals surface area contributed by atoms with E-state index < -0.39 is 5.97 Å². The third-order valence-corrected chi connectivity index (χ3v) is 4.20. The summed E-state index contributed by atoms with van der Waals surface area (Å²) in [6.45, 7) is 1.27. The third kappa shape index (κ3) is 4.67. The molecule has 116 valence electrons. The van der Waals surface area contributed by atoms with Gasteiger partial charge in [0.25, 0.3) is 0 Å². The van der Waals surface area contributed by atoms with Crippen LogP contribution in [0.4, 0.5) is 4.79 Å². The lowest BCUT2D eigenvalue weighted by Crippen LogP contribution is -2.58. The molecule has 2 N–H and O–H groups in total. The standard InChI is InChI=1S/C14H27N3O3/c1-16(2)14(8-6-9-14)11-17(3)13(20)15-10-5-4-7-12(18)19/h4-11H2,1-3H3,(H,15,20)(H,18,19). The summed E-state index contributed by atoms with van der Waals surface area (Å²) in [5.74, 6) is -0.786. The molecule has 1 saturated carbocycles. The molecule has 0 heterocycles. The van der Waals surface area contributed by atoms with Crippen molar-refractivity contribution in [3.63, 3.8) is 0 Å². The van der Waals surface area contributed by atoms with E-state index in [4.69, 9.17) is 5.11 Å². The van der Waals surface area contributed by atoms with Crippen molar-refractivity contribution in [3.8, 4) is 0 Å². The number of amides is 2. The molecule has 1 aliphatic rings. The molecular formula is C14H27N3O3. The largest absolute Gasteiger partial charge is 0.481 e. The lowest BCUT2D eigenvalue weighted by atomic mass is 9.75. The van der Waals surface area contributed by atoms with Crippen LogP contribution >= 0.6 is 0 Å². The van der Waals surface area contributed by atoms with Gasteiger partial charge in [-0.3, -0.25) is 4.79 Å². The Bertz CT molecular complexity index is 341. The zero-order valence-corrected chi connectivity index (χ0v) is 12.8. The van der Waals surface area contributed by atoms with E-state index in [1.807, 2.05) is 7.05 Å². The molecular weight excluding hydrogens is 258 g/mol. The van der Waals surface area contributed by atoms with E-state index in [1.165, 1.54) is 6.42 Å². The first-order valence-corrected chi connectivity index (χ1v) is 7.25. The summed E-state index contributed by atoms with van der Waals surface area (Å²) < 4.78 is 0. The van der Waals surface area contributed by atoms with Crippen LogP contribution in [-0.4, -0.2) is 66.7 Å². The van der Waals surface area contributed by atoms with E-state index >= 15 is 0 Å². The Morgan fingerprint density at radius 3 is 2.30 bits per heavy atom. The van der Waals surface area contributed by atoms with Crippen molar-refractivity contribution >= 4 is 12.0 Å². The molecule has 0 radical (unpaired) electrons. The number of urea groups is 1. The predicted molar refractivity (Wildman–Crippen MR) is 77.8 cm³/mol. The fourth-order valence-corrected chi connectivity index (χ4v) is 2.58. The van der Waals surface area contributed by atoms with Crippen LogP contribution in [0.2, 0.25) is 0 Å². The topological polar surface area (TPSA) is 72.9 Å². The first-order valence-electron chi connectivity index (χ1n) is 7.25. The maximum atomic E-state index is 12.0. The molecule has 1 fully saturated rings. The van der Waals surface area contributed by atoms with Gasteiger partial charge < -0.3 is 20.2 Å². The Morgan fingerprint density at radius 2 is 1.85 bits per heavy atom. The van der Waals surface area contributed by atoms with Gasteiger partial charge >= 0.3 is 12.0 Å².